The van der Waals surface area contributed by atoms with Gasteiger partial charge in [-0.1, -0.05) is 0 Å². The van der Waals surface area contributed by atoms with Gasteiger partial charge in [0.1, 0.15) is 10.3 Å². The van der Waals surface area contributed by atoms with Crippen molar-refractivity contribution in [3.63, 3.8) is 0 Å². The summed E-state index contributed by atoms with van der Waals surface area (Å²) in [7, 11) is 0. The lowest BCUT2D eigenvalue weighted by molar-refractivity contribution is 0.0726. The van der Waals surface area contributed by atoms with Crippen LogP contribution in [0, 0.1) is 0 Å². The second-order valence-corrected chi connectivity index (χ2v) is 5.42. The minimum atomic E-state index is -0.211. The highest BCUT2D eigenvalue weighted by Gasteiger charge is 2.33. The summed E-state index contributed by atoms with van der Waals surface area (Å²) in [5.74, 6) is -0.170. The normalized spacial score (nSPS) is 14.9. The lowest BCUT2D eigenvalue weighted by Gasteiger charge is -2.19. The van der Waals surface area contributed by atoms with Crippen LogP contribution in [0.2, 0.25) is 0 Å². The molecule has 0 atom stereocenters. The van der Waals surface area contributed by atoms with Gasteiger partial charge in [0.15, 0.2) is 5.65 Å². The fourth-order valence-corrected chi connectivity index (χ4v) is 2.53. The Labute approximate surface area is 111 Å². The summed E-state index contributed by atoms with van der Waals surface area (Å²) < 4.78 is 2.00. The van der Waals surface area contributed by atoms with Gasteiger partial charge in [-0.05, 0) is 29.8 Å². The van der Waals surface area contributed by atoms with E-state index in [4.69, 9.17) is 0 Å². The number of fused-ring (bicyclic) bond motifs is 2. The topological polar surface area (TPSA) is 70.5 Å². The molecule has 2 aromatic heterocycles. The molecule has 2 aromatic rings. The number of carbonyl (C=O) groups is 1. The Morgan fingerprint density at radius 1 is 1.44 bits per heavy atom. The third-order valence-electron chi connectivity index (χ3n) is 3.09. The van der Waals surface area contributed by atoms with Crippen LogP contribution in [0.15, 0.2) is 15.5 Å². The number of carbonyl (C=O) groups excluding carboxylic acids is 1. The van der Waals surface area contributed by atoms with E-state index in [1.165, 1.54) is 4.52 Å². The molecule has 0 unspecified atom stereocenters. The smallest absolute Gasteiger partial charge is 0.278 e. The SMILES string of the molecule is CC(C)N1Cc2c(nc3cc(Br)[nH]n3c2=O)C1=O. The molecule has 18 heavy (non-hydrogen) atoms. The summed E-state index contributed by atoms with van der Waals surface area (Å²) in [5.41, 5.74) is 0.975. The number of aromatic nitrogens is 3. The molecule has 1 amide bonds. The minimum Gasteiger partial charge on any atom is -0.330 e. The second kappa shape index (κ2) is 3.68. The van der Waals surface area contributed by atoms with Crippen molar-refractivity contribution in [3.05, 3.63) is 32.3 Å². The van der Waals surface area contributed by atoms with Gasteiger partial charge >= 0.3 is 0 Å². The van der Waals surface area contributed by atoms with Crippen LogP contribution in [0.5, 0.6) is 0 Å². The first kappa shape index (κ1) is 11.5. The van der Waals surface area contributed by atoms with Crippen LogP contribution in [0.1, 0.15) is 29.9 Å². The molecule has 1 aliphatic rings. The van der Waals surface area contributed by atoms with Gasteiger partial charge in [-0.3, -0.25) is 14.7 Å². The van der Waals surface area contributed by atoms with Gasteiger partial charge < -0.3 is 4.90 Å². The van der Waals surface area contributed by atoms with Crippen LogP contribution in [0.4, 0.5) is 0 Å². The van der Waals surface area contributed by atoms with Crippen molar-refractivity contribution in [1.82, 2.24) is 19.5 Å². The number of amides is 1. The first-order valence-electron chi connectivity index (χ1n) is 5.60. The Balaban J connectivity index is 2.27. The Morgan fingerprint density at radius 3 is 2.83 bits per heavy atom. The van der Waals surface area contributed by atoms with Gasteiger partial charge in [0.05, 0.1) is 12.1 Å². The van der Waals surface area contributed by atoms with Gasteiger partial charge in [-0.25, -0.2) is 9.50 Å². The predicted octanol–water partition coefficient (Wildman–Crippen LogP) is 1.15. The maximum absolute atomic E-state index is 12.2. The van der Waals surface area contributed by atoms with Gasteiger partial charge in [-0.2, -0.15) is 0 Å². The Bertz CT molecular complexity index is 716. The minimum absolute atomic E-state index is 0.0566. The van der Waals surface area contributed by atoms with E-state index in [1.807, 2.05) is 13.8 Å². The zero-order valence-electron chi connectivity index (χ0n) is 9.90. The van der Waals surface area contributed by atoms with E-state index in [2.05, 4.69) is 26.0 Å². The quantitative estimate of drug-likeness (QED) is 0.859. The lowest BCUT2D eigenvalue weighted by Crippen LogP contribution is -2.31. The standard InChI is InChI=1S/C11H11BrN4O2/c1-5(2)15-4-6-9(11(15)18)13-8-3-7(12)14-16(8)10(6)17/h3,5,14H,4H2,1-2H3. The monoisotopic (exact) mass is 310 g/mol. The van der Waals surface area contributed by atoms with Crippen LogP contribution in [-0.4, -0.2) is 31.4 Å². The molecule has 0 bridgehead atoms. The molecule has 1 N–H and O–H groups in total. The first-order valence-corrected chi connectivity index (χ1v) is 6.39. The first-order chi connectivity index (χ1) is 8.49. The Hall–Kier alpha value is -1.63. The van der Waals surface area contributed by atoms with E-state index >= 15 is 0 Å². The number of rotatable bonds is 1. The van der Waals surface area contributed by atoms with Gasteiger partial charge in [-0.15, -0.1) is 0 Å². The summed E-state index contributed by atoms with van der Waals surface area (Å²) in [6, 6.07) is 1.73. The van der Waals surface area contributed by atoms with Gasteiger partial charge in [0.2, 0.25) is 0 Å². The van der Waals surface area contributed by atoms with E-state index in [-0.39, 0.29) is 23.2 Å². The maximum Gasteiger partial charge on any atom is 0.278 e. The van der Waals surface area contributed by atoms with E-state index in [0.717, 1.165) is 0 Å². The van der Waals surface area contributed by atoms with E-state index in [9.17, 15) is 9.59 Å². The number of hydrogen-bond acceptors (Lipinski definition) is 3. The average Bonchev–Trinajstić information content (AvgIpc) is 2.81. The second-order valence-electron chi connectivity index (χ2n) is 4.57. The van der Waals surface area contributed by atoms with Crippen molar-refractivity contribution >= 4 is 27.5 Å². The molecule has 0 aromatic carbocycles. The molecule has 3 rings (SSSR count). The largest absolute Gasteiger partial charge is 0.330 e. The fourth-order valence-electron chi connectivity index (χ4n) is 2.14. The molecule has 0 saturated heterocycles. The van der Waals surface area contributed by atoms with Crippen LogP contribution in [0.3, 0.4) is 0 Å². The fraction of sp³-hybridized carbons (Fsp3) is 0.364. The summed E-state index contributed by atoms with van der Waals surface area (Å²) in [4.78, 5) is 30.3. The highest BCUT2D eigenvalue weighted by Crippen LogP contribution is 2.21. The van der Waals surface area contributed by atoms with Crippen LogP contribution >= 0.6 is 15.9 Å². The van der Waals surface area contributed by atoms with Crippen molar-refractivity contribution in [2.75, 3.05) is 0 Å². The third-order valence-corrected chi connectivity index (χ3v) is 3.50. The van der Waals surface area contributed by atoms with E-state index in [0.29, 0.717) is 22.4 Å². The summed E-state index contributed by atoms with van der Waals surface area (Å²) in [5, 5.41) is 2.84. The zero-order valence-corrected chi connectivity index (χ0v) is 11.5. The number of nitrogens with one attached hydrogen (secondary N) is 1. The summed E-state index contributed by atoms with van der Waals surface area (Å²) >= 11 is 3.25. The number of halogens is 1. The number of H-pyrrole nitrogens is 1. The molecule has 6 nitrogen and oxygen atoms in total. The van der Waals surface area contributed by atoms with Gasteiger partial charge in [0.25, 0.3) is 11.5 Å². The number of nitrogens with zero attached hydrogens (tertiary/aromatic N) is 3. The van der Waals surface area contributed by atoms with Crippen LogP contribution in [-0.2, 0) is 6.54 Å². The average molecular weight is 311 g/mol. The third kappa shape index (κ3) is 1.43. The van der Waals surface area contributed by atoms with Crippen molar-refractivity contribution < 1.29 is 4.79 Å². The molecule has 1 aliphatic heterocycles. The van der Waals surface area contributed by atoms with Gasteiger partial charge in [0, 0.05) is 12.1 Å². The van der Waals surface area contributed by atoms with Crippen LogP contribution < -0.4 is 5.56 Å². The molecular weight excluding hydrogens is 300 g/mol. The number of aromatic amines is 1. The lowest BCUT2D eigenvalue weighted by atomic mass is 10.3. The molecule has 0 spiro atoms. The molecule has 0 aliphatic carbocycles. The molecular formula is C11H11BrN4O2. The molecule has 94 valence electrons. The van der Waals surface area contributed by atoms with Crippen molar-refractivity contribution in [3.8, 4) is 0 Å². The highest BCUT2D eigenvalue weighted by molar-refractivity contribution is 9.10. The molecule has 0 radical (unpaired) electrons. The van der Waals surface area contributed by atoms with E-state index in [1.54, 1.807) is 11.0 Å². The number of hydrogen-bond donors (Lipinski definition) is 1. The van der Waals surface area contributed by atoms with Crippen molar-refractivity contribution in [2.45, 2.75) is 26.4 Å². The predicted molar refractivity (Wildman–Crippen MR) is 68.5 cm³/mol. The Kier molecular flexibility index (Phi) is 2.34. The Morgan fingerprint density at radius 2 is 2.17 bits per heavy atom. The molecule has 0 fully saturated rings. The highest BCUT2D eigenvalue weighted by atomic mass is 79.9. The summed E-state index contributed by atoms with van der Waals surface area (Å²) in [6.07, 6.45) is 0. The molecule has 3 heterocycles. The van der Waals surface area contributed by atoms with Crippen LogP contribution in [0.25, 0.3) is 5.65 Å². The summed E-state index contributed by atoms with van der Waals surface area (Å²) in [6.45, 7) is 4.17. The molecule has 7 heteroatoms. The van der Waals surface area contributed by atoms with Crippen molar-refractivity contribution in [1.29, 1.82) is 0 Å². The molecule has 0 saturated carbocycles. The maximum atomic E-state index is 12.2. The van der Waals surface area contributed by atoms with E-state index < -0.39 is 0 Å². The zero-order chi connectivity index (χ0) is 13.0. The van der Waals surface area contributed by atoms with Crippen molar-refractivity contribution in [2.24, 2.45) is 0 Å².